The minimum absolute atomic E-state index is 0.0483. The van der Waals surface area contributed by atoms with Crippen LogP contribution in [0, 0.1) is 6.92 Å². The summed E-state index contributed by atoms with van der Waals surface area (Å²) in [5.41, 5.74) is 1.78. The van der Waals surface area contributed by atoms with Gasteiger partial charge in [-0.1, -0.05) is 43.2 Å². The van der Waals surface area contributed by atoms with Crippen molar-refractivity contribution >= 4 is 16.9 Å². The van der Waals surface area contributed by atoms with E-state index in [1.54, 1.807) is 25.1 Å². The Bertz CT molecular complexity index is 1050. The molecule has 0 bridgehead atoms. The van der Waals surface area contributed by atoms with Gasteiger partial charge in [-0.25, -0.2) is 0 Å². The van der Waals surface area contributed by atoms with Gasteiger partial charge in [-0.2, -0.15) is 0 Å². The van der Waals surface area contributed by atoms with E-state index in [9.17, 15) is 9.59 Å². The molecular weight excluding hydrogens is 354 g/mol. The van der Waals surface area contributed by atoms with Gasteiger partial charge in [0, 0.05) is 12.1 Å². The maximum absolute atomic E-state index is 13.0. The zero-order valence-electron chi connectivity index (χ0n) is 15.9. The van der Waals surface area contributed by atoms with Crippen molar-refractivity contribution in [3.05, 3.63) is 64.5 Å². The molecule has 1 aliphatic rings. The molecule has 1 saturated carbocycles. The first-order valence-electron chi connectivity index (χ1n) is 9.67. The fraction of sp³-hybridized carbons (Fsp3) is 0.304. The minimum Gasteiger partial charge on any atom is -0.484 e. The normalized spacial score (nSPS) is 14.3. The highest BCUT2D eigenvalue weighted by Crippen LogP contribution is 2.26. The van der Waals surface area contributed by atoms with Crippen LogP contribution in [0.25, 0.3) is 22.1 Å². The van der Waals surface area contributed by atoms with Gasteiger partial charge in [0.2, 0.25) is 5.43 Å². The number of ether oxygens (including phenoxy) is 1. The van der Waals surface area contributed by atoms with Gasteiger partial charge in [-0.15, -0.1) is 0 Å². The molecule has 0 atom stereocenters. The third-order valence-corrected chi connectivity index (χ3v) is 5.19. The number of benzene rings is 2. The topological polar surface area (TPSA) is 68.5 Å². The van der Waals surface area contributed by atoms with E-state index >= 15 is 0 Å². The standard InChI is InChI=1S/C23H23NO4/c1-15-22(16-7-3-2-4-8-16)23(26)19-12-11-18(13-20(19)28-15)27-14-21(25)24-17-9-5-6-10-17/h2-4,7-8,11-13,17H,5-6,9-10,14H2,1H3,(H,24,25). The molecule has 4 rings (SSSR count). The third-order valence-electron chi connectivity index (χ3n) is 5.19. The molecule has 2 aromatic carbocycles. The fourth-order valence-electron chi connectivity index (χ4n) is 3.80. The Morgan fingerprint density at radius 3 is 2.64 bits per heavy atom. The molecule has 0 unspecified atom stereocenters. The molecule has 0 radical (unpaired) electrons. The largest absolute Gasteiger partial charge is 0.484 e. The third kappa shape index (κ3) is 3.79. The average molecular weight is 377 g/mol. The van der Waals surface area contributed by atoms with Crippen LogP contribution in [0.15, 0.2) is 57.7 Å². The van der Waals surface area contributed by atoms with E-state index in [4.69, 9.17) is 9.15 Å². The Kier molecular flexibility index (Phi) is 5.15. The second-order valence-corrected chi connectivity index (χ2v) is 7.22. The number of hydrogen-bond donors (Lipinski definition) is 1. The van der Waals surface area contributed by atoms with Crippen LogP contribution in [0.4, 0.5) is 0 Å². The maximum atomic E-state index is 13.0. The summed E-state index contributed by atoms with van der Waals surface area (Å²) in [7, 11) is 0. The van der Waals surface area contributed by atoms with Crippen LogP contribution in [-0.2, 0) is 4.79 Å². The number of amides is 1. The van der Waals surface area contributed by atoms with Crippen molar-refractivity contribution in [1.82, 2.24) is 5.32 Å². The van der Waals surface area contributed by atoms with Gasteiger partial charge in [0.05, 0.1) is 10.9 Å². The second-order valence-electron chi connectivity index (χ2n) is 7.22. The lowest BCUT2D eigenvalue weighted by molar-refractivity contribution is -0.123. The minimum atomic E-state index is -0.121. The van der Waals surface area contributed by atoms with E-state index in [-0.39, 0.29) is 24.0 Å². The number of rotatable bonds is 5. The van der Waals surface area contributed by atoms with Gasteiger partial charge in [0.1, 0.15) is 17.1 Å². The van der Waals surface area contributed by atoms with Crippen LogP contribution in [0.5, 0.6) is 5.75 Å². The summed E-state index contributed by atoms with van der Waals surface area (Å²) >= 11 is 0. The number of carbonyl (C=O) groups is 1. The molecule has 1 aliphatic carbocycles. The average Bonchev–Trinajstić information content (AvgIpc) is 3.20. The van der Waals surface area contributed by atoms with Gasteiger partial charge >= 0.3 is 0 Å². The Morgan fingerprint density at radius 1 is 1.14 bits per heavy atom. The summed E-state index contributed by atoms with van der Waals surface area (Å²) in [6.07, 6.45) is 4.41. The Labute approximate surface area is 163 Å². The molecular formula is C23H23NO4. The zero-order valence-corrected chi connectivity index (χ0v) is 15.9. The molecule has 0 aliphatic heterocycles. The first-order valence-corrected chi connectivity index (χ1v) is 9.67. The van der Waals surface area contributed by atoms with Crippen LogP contribution in [-0.4, -0.2) is 18.6 Å². The number of aryl methyl sites for hydroxylation is 1. The molecule has 144 valence electrons. The lowest BCUT2D eigenvalue weighted by atomic mass is 10.0. The van der Waals surface area contributed by atoms with E-state index in [1.165, 1.54) is 12.8 Å². The Morgan fingerprint density at radius 2 is 1.89 bits per heavy atom. The number of carbonyl (C=O) groups excluding carboxylic acids is 1. The van der Waals surface area contributed by atoms with Gasteiger partial charge in [-0.05, 0) is 37.5 Å². The number of hydrogen-bond acceptors (Lipinski definition) is 4. The van der Waals surface area contributed by atoms with E-state index in [0.717, 1.165) is 18.4 Å². The molecule has 1 N–H and O–H groups in total. The fourth-order valence-corrected chi connectivity index (χ4v) is 3.80. The van der Waals surface area contributed by atoms with Crippen molar-refractivity contribution in [3.63, 3.8) is 0 Å². The highest BCUT2D eigenvalue weighted by Gasteiger charge is 2.18. The SMILES string of the molecule is Cc1oc2cc(OCC(=O)NC3CCCC3)ccc2c(=O)c1-c1ccccc1. The van der Waals surface area contributed by atoms with Crippen molar-refractivity contribution in [2.45, 2.75) is 38.6 Å². The van der Waals surface area contributed by atoms with Gasteiger partial charge in [0.15, 0.2) is 6.61 Å². The van der Waals surface area contributed by atoms with Crippen LogP contribution in [0.2, 0.25) is 0 Å². The predicted octanol–water partition coefficient (Wildman–Crippen LogP) is 4.21. The highest BCUT2D eigenvalue weighted by molar-refractivity contribution is 5.84. The summed E-state index contributed by atoms with van der Waals surface area (Å²) in [6.45, 7) is 1.74. The van der Waals surface area contributed by atoms with E-state index in [0.29, 0.717) is 28.0 Å². The predicted molar refractivity (Wildman–Crippen MR) is 109 cm³/mol. The lowest BCUT2D eigenvalue weighted by Gasteiger charge is -2.13. The zero-order chi connectivity index (χ0) is 19.5. The lowest BCUT2D eigenvalue weighted by Crippen LogP contribution is -2.36. The molecule has 1 aromatic heterocycles. The molecule has 1 amide bonds. The summed E-state index contributed by atoms with van der Waals surface area (Å²) in [4.78, 5) is 25.0. The van der Waals surface area contributed by atoms with E-state index in [2.05, 4.69) is 5.32 Å². The van der Waals surface area contributed by atoms with Crippen molar-refractivity contribution in [2.24, 2.45) is 0 Å². The van der Waals surface area contributed by atoms with E-state index in [1.807, 2.05) is 30.3 Å². The summed E-state index contributed by atoms with van der Waals surface area (Å²) in [6, 6.07) is 14.8. The molecule has 3 aromatic rings. The molecule has 1 heterocycles. The summed E-state index contributed by atoms with van der Waals surface area (Å²) in [5.74, 6) is 0.938. The Balaban J connectivity index is 1.54. The monoisotopic (exact) mass is 377 g/mol. The molecule has 5 nitrogen and oxygen atoms in total. The smallest absolute Gasteiger partial charge is 0.258 e. The number of nitrogens with one attached hydrogen (secondary N) is 1. The van der Waals surface area contributed by atoms with Crippen molar-refractivity contribution in [2.75, 3.05) is 6.61 Å². The summed E-state index contributed by atoms with van der Waals surface area (Å²) < 4.78 is 11.5. The van der Waals surface area contributed by atoms with Crippen LogP contribution < -0.4 is 15.5 Å². The van der Waals surface area contributed by atoms with Crippen molar-refractivity contribution in [3.8, 4) is 16.9 Å². The van der Waals surface area contributed by atoms with Gasteiger partial charge in [-0.3, -0.25) is 9.59 Å². The maximum Gasteiger partial charge on any atom is 0.258 e. The highest BCUT2D eigenvalue weighted by atomic mass is 16.5. The summed E-state index contributed by atoms with van der Waals surface area (Å²) in [5, 5.41) is 3.49. The van der Waals surface area contributed by atoms with Crippen LogP contribution in [0.1, 0.15) is 31.4 Å². The molecule has 5 heteroatoms. The number of fused-ring (bicyclic) bond motifs is 1. The van der Waals surface area contributed by atoms with Gasteiger partial charge in [0.25, 0.3) is 5.91 Å². The molecule has 0 saturated heterocycles. The van der Waals surface area contributed by atoms with Crippen LogP contribution >= 0.6 is 0 Å². The first kappa shape index (κ1) is 18.3. The van der Waals surface area contributed by atoms with Gasteiger partial charge < -0.3 is 14.5 Å². The molecule has 0 spiro atoms. The van der Waals surface area contributed by atoms with Crippen molar-refractivity contribution in [1.29, 1.82) is 0 Å². The van der Waals surface area contributed by atoms with Crippen molar-refractivity contribution < 1.29 is 13.9 Å². The van der Waals surface area contributed by atoms with E-state index < -0.39 is 0 Å². The first-order chi connectivity index (χ1) is 13.6. The second kappa shape index (κ2) is 7.89. The quantitative estimate of drug-likeness (QED) is 0.723. The molecule has 28 heavy (non-hydrogen) atoms. The Hall–Kier alpha value is -3.08. The molecule has 1 fully saturated rings. The van der Waals surface area contributed by atoms with Crippen LogP contribution in [0.3, 0.4) is 0 Å².